The van der Waals surface area contributed by atoms with E-state index in [1.54, 1.807) is 13.0 Å². The van der Waals surface area contributed by atoms with Gasteiger partial charge in [0.25, 0.3) is 5.89 Å². The number of hydrogen-bond acceptors (Lipinski definition) is 6. The highest BCUT2D eigenvalue weighted by Gasteiger charge is 2.19. The molecule has 0 fully saturated rings. The summed E-state index contributed by atoms with van der Waals surface area (Å²) >= 11 is 0. The van der Waals surface area contributed by atoms with Gasteiger partial charge in [-0.15, -0.1) is 0 Å². The zero-order chi connectivity index (χ0) is 17.3. The van der Waals surface area contributed by atoms with E-state index in [1.165, 1.54) is 23.0 Å². The summed E-state index contributed by atoms with van der Waals surface area (Å²) in [6, 6.07) is 4.53. The van der Waals surface area contributed by atoms with Crippen LogP contribution in [0.4, 0.5) is 4.39 Å². The van der Waals surface area contributed by atoms with Gasteiger partial charge in [-0.25, -0.2) is 9.07 Å². The predicted molar refractivity (Wildman–Crippen MR) is 85.4 cm³/mol. The van der Waals surface area contributed by atoms with Crippen molar-refractivity contribution in [3.8, 4) is 23.0 Å². The molecule has 0 spiro atoms. The lowest BCUT2D eigenvalue weighted by Gasteiger charge is -2.05. The smallest absolute Gasteiger partial charge is 0.282 e. The van der Waals surface area contributed by atoms with Gasteiger partial charge in [0.1, 0.15) is 5.82 Å². The number of nitrogens with zero attached hydrogens (tertiary/aromatic N) is 4. The monoisotopic (exact) mass is 331 g/mol. The summed E-state index contributed by atoms with van der Waals surface area (Å²) in [6.07, 6.45) is 2.02. The third kappa shape index (κ3) is 3.13. The molecular formula is C16H18FN5O2. The highest BCUT2D eigenvalue weighted by Crippen LogP contribution is 2.28. The Morgan fingerprint density at radius 3 is 2.92 bits per heavy atom. The molecule has 1 atom stereocenters. The highest BCUT2D eigenvalue weighted by molar-refractivity contribution is 5.57. The third-order valence-electron chi connectivity index (χ3n) is 3.75. The topological polar surface area (TPSA) is 89.0 Å². The molecule has 2 aromatic heterocycles. The summed E-state index contributed by atoms with van der Waals surface area (Å²) in [6.45, 7) is 3.76. The van der Waals surface area contributed by atoms with Crippen molar-refractivity contribution in [2.24, 2.45) is 0 Å². The number of rotatable bonds is 5. The Kier molecular flexibility index (Phi) is 4.30. The van der Waals surface area contributed by atoms with Crippen molar-refractivity contribution in [2.45, 2.75) is 26.3 Å². The fourth-order valence-electron chi connectivity index (χ4n) is 2.33. The fraction of sp³-hybridized carbons (Fsp3) is 0.312. The van der Waals surface area contributed by atoms with Crippen LogP contribution < -0.4 is 5.32 Å². The zero-order valence-electron chi connectivity index (χ0n) is 13.6. The molecule has 1 aromatic carbocycles. The standard InChI is InChI=1S/C16H18FN5O2/c1-9-6-11(17)4-5-12(9)22-8-13(23)15(20-22)16-19-14(21-24-16)7-10(2)18-3/h4-6,8,10,18,23H,7H2,1-3H3. The van der Waals surface area contributed by atoms with Gasteiger partial charge in [-0.1, -0.05) is 5.16 Å². The molecule has 0 aliphatic carbocycles. The number of nitrogens with one attached hydrogen (secondary N) is 1. The van der Waals surface area contributed by atoms with Crippen molar-refractivity contribution in [1.29, 1.82) is 0 Å². The van der Waals surface area contributed by atoms with E-state index in [2.05, 4.69) is 20.6 Å². The number of likely N-dealkylation sites (N-methyl/N-ethyl adjacent to an activating group) is 1. The van der Waals surface area contributed by atoms with Crippen molar-refractivity contribution in [2.75, 3.05) is 7.05 Å². The Bertz CT molecular complexity index is 858. The Hall–Kier alpha value is -2.74. The summed E-state index contributed by atoms with van der Waals surface area (Å²) in [5, 5.41) is 21.4. The molecule has 1 unspecified atom stereocenters. The highest BCUT2D eigenvalue weighted by atomic mass is 19.1. The van der Waals surface area contributed by atoms with Crippen LogP contribution in [-0.2, 0) is 6.42 Å². The van der Waals surface area contributed by atoms with Gasteiger partial charge >= 0.3 is 0 Å². The van der Waals surface area contributed by atoms with Crippen LogP contribution in [0.5, 0.6) is 5.75 Å². The molecule has 0 saturated heterocycles. The average Bonchev–Trinajstić information content (AvgIpc) is 3.13. The summed E-state index contributed by atoms with van der Waals surface area (Å²) in [5.74, 6) is 0.256. The molecule has 2 heterocycles. The summed E-state index contributed by atoms with van der Waals surface area (Å²) in [5.41, 5.74) is 1.54. The van der Waals surface area contributed by atoms with Crippen LogP contribution in [0.2, 0.25) is 0 Å². The number of aromatic hydroxyl groups is 1. The molecule has 0 amide bonds. The lowest BCUT2D eigenvalue weighted by molar-refractivity contribution is 0.412. The molecule has 8 heteroatoms. The second-order valence-corrected chi connectivity index (χ2v) is 5.65. The maximum Gasteiger partial charge on any atom is 0.282 e. The van der Waals surface area contributed by atoms with Crippen LogP contribution in [0, 0.1) is 12.7 Å². The third-order valence-corrected chi connectivity index (χ3v) is 3.75. The van der Waals surface area contributed by atoms with Crippen LogP contribution in [0.25, 0.3) is 17.3 Å². The van der Waals surface area contributed by atoms with Crippen LogP contribution in [-0.4, -0.2) is 38.1 Å². The van der Waals surface area contributed by atoms with Gasteiger partial charge in [0.05, 0.1) is 11.9 Å². The molecule has 0 radical (unpaired) electrons. The molecule has 3 aromatic rings. The van der Waals surface area contributed by atoms with E-state index in [0.717, 1.165) is 0 Å². The lowest BCUT2D eigenvalue weighted by Crippen LogP contribution is -2.24. The summed E-state index contributed by atoms with van der Waals surface area (Å²) < 4.78 is 19.9. The van der Waals surface area contributed by atoms with Crippen LogP contribution in [0.15, 0.2) is 28.9 Å². The molecule has 2 N–H and O–H groups in total. The predicted octanol–water partition coefficient (Wildman–Crippen LogP) is 2.23. The number of hydrogen-bond donors (Lipinski definition) is 2. The van der Waals surface area contributed by atoms with E-state index in [-0.39, 0.29) is 29.2 Å². The minimum atomic E-state index is -0.326. The molecule has 126 valence electrons. The largest absolute Gasteiger partial charge is 0.504 e. The van der Waals surface area contributed by atoms with Crippen LogP contribution >= 0.6 is 0 Å². The average molecular weight is 331 g/mol. The Morgan fingerprint density at radius 1 is 1.42 bits per heavy atom. The SMILES string of the molecule is CNC(C)Cc1noc(-c2nn(-c3ccc(F)cc3C)cc2O)n1. The van der Waals surface area contributed by atoms with Crippen molar-refractivity contribution in [3.63, 3.8) is 0 Å². The number of aryl methyl sites for hydroxylation is 1. The van der Waals surface area contributed by atoms with Gasteiger partial charge in [-0.3, -0.25) is 0 Å². The lowest BCUT2D eigenvalue weighted by atomic mass is 10.2. The first-order valence-corrected chi connectivity index (χ1v) is 7.53. The second-order valence-electron chi connectivity index (χ2n) is 5.65. The van der Waals surface area contributed by atoms with Crippen LogP contribution in [0.1, 0.15) is 18.3 Å². The van der Waals surface area contributed by atoms with E-state index in [9.17, 15) is 9.50 Å². The van der Waals surface area contributed by atoms with Crippen molar-refractivity contribution in [1.82, 2.24) is 25.2 Å². The van der Waals surface area contributed by atoms with Gasteiger partial charge in [-0.2, -0.15) is 10.1 Å². The minimum absolute atomic E-state index is 0.0874. The number of benzene rings is 1. The fourth-order valence-corrected chi connectivity index (χ4v) is 2.33. The summed E-state index contributed by atoms with van der Waals surface area (Å²) in [7, 11) is 1.85. The molecule has 3 rings (SSSR count). The molecule has 0 aliphatic rings. The maximum absolute atomic E-state index is 13.2. The summed E-state index contributed by atoms with van der Waals surface area (Å²) in [4.78, 5) is 4.26. The zero-order valence-corrected chi connectivity index (χ0v) is 13.6. The minimum Gasteiger partial charge on any atom is -0.504 e. The molecule has 0 bridgehead atoms. The van der Waals surface area contributed by atoms with Gasteiger partial charge in [0.15, 0.2) is 17.3 Å². The van der Waals surface area contributed by atoms with Crippen molar-refractivity contribution >= 4 is 0 Å². The molecule has 0 aliphatic heterocycles. The second kappa shape index (κ2) is 6.40. The van der Waals surface area contributed by atoms with Gasteiger partial charge < -0.3 is 14.9 Å². The Balaban J connectivity index is 1.92. The van der Waals surface area contributed by atoms with Crippen molar-refractivity contribution in [3.05, 3.63) is 41.6 Å². The molecule has 0 saturated carbocycles. The van der Waals surface area contributed by atoms with Gasteiger partial charge in [0, 0.05) is 12.5 Å². The number of halogens is 1. The van der Waals surface area contributed by atoms with Gasteiger partial charge in [-0.05, 0) is 44.7 Å². The quantitative estimate of drug-likeness (QED) is 0.745. The van der Waals surface area contributed by atoms with E-state index in [0.29, 0.717) is 23.5 Å². The van der Waals surface area contributed by atoms with E-state index in [4.69, 9.17) is 4.52 Å². The molecule has 24 heavy (non-hydrogen) atoms. The maximum atomic E-state index is 13.2. The van der Waals surface area contributed by atoms with Crippen molar-refractivity contribution < 1.29 is 14.0 Å². The van der Waals surface area contributed by atoms with E-state index >= 15 is 0 Å². The first-order chi connectivity index (χ1) is 11.5. The molecule has 7 nitrogen and oxygen atoms in total. The molecular weight excluding hydrogens is 313 g/mol. The first-order valence-electron chi connectivity index (χ1n) is 7.53. The number of aromatic nitrogens is 4. The van der Waals surface area contributed by atoms with E-state index < -0.39 is 0 Å². The normalized spacial score (nSPS) is 12.5. The van der Waals surface area contributed by atoms with Gasteiger partial charge in [0.2, 0.25) is 0 Å². The Labute approximate surface area is 138 Å². The Morgan fingerprint density at radius 2 is 2.21 bits per heavy atom. The van der Waals surface area contributed by atoms with E-state index in [1.807, 2.05) is 14.0 Å². The first kappa shape index (κ1) is 16.1. The van der Waals surface area contributed by atoms with Crippen LogP contribution in [0.3, 0.4) is 0 Å².